The van der Waals surface area contributed by atoms with Crippen LogP contribution in [0.15, 0.2) is 85.1 Å². The van der Waals surface area contributed by atoms with Crippen LogP contribution in [0.2, 0.25) is 0 Å². The van der Waals surface area contributed by atoms with Crippen molar-refractivity contribution in [1.82, 2.24) is 0 Å². The zero-order chi connectivity index (χ0) is 49.2. The molecule has 8 atom stereocenters. The van der Waals surface area contributed by atoms with Crippen molar-refractivity contribution < 1.29 is 68.2 Å². The van der Waals surface area contributed by atoms with Gasteiger partial charge in [-0.15, -0.1) is 0 Å². The minimum absolute atomic E-state index is 0.0604. The van der Waals surface area contributed by atoms with Crippen molar-refractivity contribution in [2.75, 3.05) is 19.8 Å². The molecule has 0 heterocycles. The van der Waals surface area contributed by atoms with Crippen LogP contribution in [0.25, 0.3) is 0 Å². The quantitative estimate of drug-likeness (QED) is 0.0131. The molecule has 0 saturated heterocycles. The van der Waals surface area contributed by atoms with Gasteiger partial charge in [-0.2, -0.15) is 0 Å². The molecule has 0 bridgehead atoms. The van der Waals surface area contributed by atoms with Gasteiger partial charge < -0.3 is 45.0 Å². The van der Waals surface area contributed by atoms with E-state index in [1.165, 1.54) is 25.7 Å². The van der Waals surface area contributed by atoms with Crippen LogP contribution in [0.1, 0.15) is 167 Å². The number of hydrogen-bond donors (Lipinski definition) is 7. The molecule has 384 valence electrons. The van der Waals surface area contributed by atoms with Crippen LogP contribution in [0.4, 0.5) is 0 Å². The Hall–Kier alpha value is -3.01. The highest BCUT2D eigenvalue weighted by molar-refractivity contribution is 7.47. The zero-order valence-corrected chi connectivity index (χ0v) is 41.3. The summed E-state index contributed by atoms with van der Waals surface area (Å²) in [5.74, 6) is -1.20. The van der Waals surface area contributed by atoms with Crippen molar-refractivity contribution in [3.8, 4) is 0 Å². The van der Waals surface area contributed by atoms with Crippen molar-refractivity contribution >= 4 is 19.8 Å². The van der Waals surface area contributed by atoms with Gasteiger partial charge in [0.1, 0.15) is 43.2 Å². The smallest absolute Gasteiger partial charge is 0.462 e. The number of phosphoric ester groups is 1. The maximum atomic E-state index is 12.8. The first kappa shape index (κ1) is 62.0. The Morgan fingerprint density at radius 1 is 0.493 bits per heavy atom. The van der Waals surface area contributed by atoms with Crippen molar-refractivity contribution in [2.45, 2.75) is 210 Å². The van der Waals surface area contributed by atoms with E-state index in [-0.39, 0.29) is 19.4 Å². The van der Waals surface area contributed by atoms with E-state index in [2.05, 4.69) is 79.8 Å². The molecular weight excluding hydrogens is 880 g/mol. The molecule has 0 amide bonds. The van der Waals surface area contributed by atoms with E-state index in [1.54, 1.807) is 0 Å². The van der Waals surface area contributed by atoms with E-state index in [1.807, 2.05) is 12.2 Å². The molecule has 0 aromatic carbocycles. The Kier molecular flexibility index (Phi) is 38.8. The zero-order valence-electron chi connectivity index (χ0n) is 40.4. The molecule has 7 N–H and O–H groups in total. The topological polar surface area (TPSA) is 230 Å². The molecule has 0 aliphatic heterocycles. The van der Waals surface area contributed by atoms with Gasteiger partial charge in [-0.3, -0.25) is 18.6 Å². The predicted octanol–water partition coefficient (Wildman–Crippen LogP) is 9.42. The normalized spacial score (nSPS) is 21.9. The van der Waals surface area contributed by atoms with E-state index < -0.39 is 75.7 Å². The van der Waals surface area contributed by atoms with Crippen LogP contribution >= 0.6 is 7.82 Å². The fraction of sp³-hybridized carbons (Fsp3) is 0.692. The number of allylic oxidation sites excluding steroid dienone is 14. The Morgan fingerprint density at radius 2 is 0.881 bits per heavy atom. The van der Waals surface area contributed by atoms with Gasteiger partial charge in [0.05, 0.1) is 6.61 Å². The summed E-state index contributed by atoms with van der Waals surface area (Å²) in [5.41, 5.74) is 0. The molecule has 0 spiro atoms. The molecule has 14 nitrogen and oxygen atoms in total. The number of aliphatic hydroxyl groups excluding tert-OH is 6. The highest BCUT2D eigenvalue weighted by Gasteiger charge is 2.51. The third-order valence-corrected chi connectivity index (χ3v) is 12.0. The number of esters is 2. The number of rotatable bonds is 41. The Morgan fingerprint density at radius 3 is 1.36 bits per heavy atom. The van der Waals surface area contributed by atoms with Crippen molar-refractivity contribution in [3.05, 3.63) is 85.1 Å². The third kappa shape index (κ3) is 34.0. The van der Waals surface area contributed by atoms with Crippen molar-refractivity contribution in [1.29, 1.82) is 0 Å². The van der Waals surface area contributed by atoms with Crippen LogP contribution in [0, 0.1) is 0 Å². The lowest BCUT2D eigenvalue weighted by Crippen LogP contribution is -2.64. The van der Waals surface area contributed by atoms with Crippen molar-refractivity contribution in [2.24, 2.45) is 0 Å². The van der Waals surface area contributed by atoms with E-state index in [0.717, 1.165) is 103 Å². The number of hydrogen-bond acceptors (Lipinski definition) is 13. The molecule has 15 heteroatoms. The average molecular weight is 967 g/mol. The van der Waals surface area contributed by atoms with E-state index in [4.69, 9.17) is 23.6 Å². The van der Waals surface area contributed by atoms with Gasteiger partial charge in [0, 0.05) is 19.4 Å². The molecule has 1 fully saturated rings. The number of ether oxygens (including phenoxy) is 2. The van der Waals surface area contributed by atoms with Gasteiger partial charge in [0.2, 0.25) is 0 Å². The number of carbonyl (C=O) groups excluding carboxylic acids is 2. The molecular formula is C52H87O14P. The van der Waals surface area contributed by atoms with Crippen molar-refractivity contribution in [3.63, 3.8) is 0 Å². The molecule has 1 rings (SSSR count). The molecule has 0 radical (unpaired) electrons. The maximum absolute atomic E-state index is 12.8. The van der Waals surface area contributed by atoms with Crippen LogP contribution in [-0.2, 0) is 32.7 Å². The molecule has 1 saturated carbocycles. The standard InChI is InChI=1S/C52H87O14P/c1-2-3-4-5-6-7-8-9-10-11-12-13-15-19-22-25-28-31-34-37-40-46(55)65-44(43-64-67(61,62)66-52-50(59)48(57)47(56)49(58)51(52)60)42-63-45(54)39-36-33-30-27-24-21-18-16-14-17-20-23-26-29-32-35-38-41-53/h7-8,10-11,13-15,17-18,21,23,26-27,30,44,47-53,56-60H,2-6,9,12,16,19-20,22,24-25,28-29,31-43H2,1H3,(H,61,62)/b8-7-,11-10-,15-13-,17-14-,21-18-,26-23-,30-27-/t44-,47?,48-,49+,50-,51-,52?/m1/s1. The summed E-state index contributed by atoms with van der Waals surface area (Å²) in [6.45, 7) is 1.23. The van der Waals surface area contributed by atoms with E-state index in [0.29, 0.717) is 19.3 Å². The predicted molar refractivity (Wildman–Crippen MR) is 264 cm³/mol. The van der Waals surface area contributed by atoms with Gasteiger partial charge in [0.25, 0.3) is 0 Å². The van der Waals surface area contributed by atoms with Gasteiger partial charge in [-0.25, -0.2) is 4.57 Å². The molecule has 0 aromatic heterocycles. The summed E-state index contributed by atoms with van der Waals surface area (Å²) in [6.07, 6.45) is 39.3. The van der Waals surface area contributed by atoms with Crippen LogP contribution in [-0.4, -0.2) is 110 Å². The first-order valence-electron chi connectivity index (χ1n) is 25.0. The maximum Gasteiger partial charge on any atom is 0.472 e. The van der Waals surface area contributed by atoms with Gasteiger partial charge in [0.15, 0.2) is 6.10 Å². The second kappa shape index (κ2) is 41.9. The fourth-order valence-corrected chi connectivity index (χ4v) is 7.94. The van der Waals surface area contributed by atoms with Gasteiger partial charge >= 0.3 is 19.8 Å². The van der Waals surface area contributed by atoms with Crippen LogP contribution < -0.4 is 0 Å². The highest BCUT2D eigenvalue weighted by atomic mass is 31.2. The number of aliphatic hydroxyl groups is 6. The summed E-state index contributed by atoms with van der Waals surface area (Å²) < 4.78 is 33.5. The molecule has 1 aliphatic rings. The minimum Gasteiger partial charge on any atom is -0.462 e. The average Bonchev–Trinajstić information content (AvgIpc) is 3.31. The second-order valence-corrected chi connectivity index (χ2v) is 18.4. The Bertz CT molecular complexity index is 1490. The van der Waals surface area contributed by atoms with E-state index in [9.17, 15) is 44.6 Å². The lowest BCUT2D eigenvalue weighted by molar-refractivity contribution is -0.220. The molecule has 3 unspecified atom stereocenters. The van der Waals surface area contributed by atoms with Gasteiger partial charge in [-0.05, 0) is 96.3 Å². The highest BCUT2D eigenvalue weighted by Crippen LogP contribution is 2.47. The molecule has 1 aliphatic carbocycles. The number of carbonyl (C=O) groups is 2. The lowest BCUT2D eigenvalue weighted by Gasteiger charge is -2.41. The first-order chi connectivity index (χ1) is 32.4. The van der Waals surface area contributed by atoms with Gasteiger partial charge in [-0.1, -0.05) is 143 Å². The third-order valence-electron chi connectivity index (χ3n) is 11.0. The Labute approximate surface area is 401 Å². The SMILES string of the molecule is CCCCCC/C=C\C/C=C\C/C=C\CCCCCCCCC(=O)O[C@H](COC(=O)CCC/C=C\C/C=C\C/C=C\C/C=C\CCCCCO)COP(=O)(O)OC1[C@H](O)[C@H](O)C(O)[C@H](O)[C@H]1O. The minimum atomic E-state index is -5.15. The molecule has 0 aromatic rings. The lowest BCUT2D eigenvalue weighted by atomic mass is 9.85. The van der Waals surface area contributed by atoms with E-state index >= 15 is 0 Å². The fourth-order valence-electron chi connectivity index (χ4n) is 6.97. The van der Waals surface area contributed by atoms with Crippen LogP contribution in [0.5, 0.6) is 0 Å². The first-order valence-corrected chi connectivity index (χ1v) is 26.5. The summed E-state index contributed by atoms with van der Waals surface area (Å²) in [5, 5.41) is 59.0. The monoisotopic (exact) mass is 967 g/mol. The number of phosphoric acid groups is 1. The Balaban J connectivity index is 2.47. The largest absolute Gasteiger partial charge is 0.472 e. The van der Waals surface area contributed by atoms with Crippen LogP contribution in [0.3, 0.4) is 0 Å². The summed E-state index contributed by atoms with van der Waals surface area (Å²) >= 11 is 0. The number of unbranched alkanes of at least 4 members (excludes halogenated alkanes) is 14. The summed E-state index contributed by atoms with van der Waals surface area (Å²) in [6, 6.07) is 0. The molecule has 67 heavy (non-hydrogen) atoms. The second-order valence-electron chi connectivity index (χ2n) is 17.0. The summed E-state index contributed by atoms with van der Waals surface area (Å²) in [7, 11) is -5.15. The summed E-state index contributed by atoms with van der Waals surface area (Å²) in [4.78, 5) is 35.8.